The summed E-state index contributed by atoms with van der Waals surface area (Å²) in [6, 6.07) is 0.112. The van der Waals surface area contributed by atoms with Gasteiger partial charge >= 0.3 is 0 Å². The molecule has 5 heteroatoms. The molecule has 1 aromatic heterocycles. The van der Waals surface area contributed by atoms with E-state index in [0.29, 0.717) is 19.0 Å². The summed E-state index contributed by atoms with van der Waals surface area (Å²) in [5.74, 6) is 0.400. The third-order valence-corrected chi connectivity index (χ3v) is 2.59. The Balaban J connectivity index is 2.41. The zero-order valence-electron chi connectivity index (χ0n) is 9.93. The van der Waals surface area contributed by atoms with Gasteiger partial charge in [-0.05, 0) is 5.92 Å². The third-order valence-electron chi connectivity index (χ3n) is 2.59. The normalized spacial score (nSPS) is 13.3. The van der Waals surface area contributed by atoms with Gasteiger partial charge in [-0.25, -0.2) is 0 Å². The fourth-order valence-electron chi connectivity index (χ4n) is 1.48. The van der Waals surface area contributed by atoms with Crippen molar-refractivity contribution >= 4 is 0 Å². The highest BCUT2D eigenvalue weighted by atomic mass is 16.3. The van der Waals surface area contributed by atoms with E-state index in [9.17, 15) is 0 Å². The Morgan fingerprint density at radius 2 is 2.19 bits per heavy atom. The van der Waals surface area contributed by atoms with E-state index in [1.54, 1.807) is 10.9 Å². The Bertz CT molecular complexity index is 299. The van der Waals surface area contributed by atoms with E-state index in [4.69, 9.17) is 10.2 Å². The maximum absolute atomic E-state index is 9.15. The molecule has 0 aliphatic rings. The lowest BCUT2D eigenvalue weighted by Gasteiger charge is -2.19. The number of rotatable bonds is 7. The molecule has 0 amide bonds. The molecule has 0 fully saturated rings. The Morgan fingerprint density at radius 1 is 1.44 bits per heavy atom. The number of nitrogens with zero attached hydrogens (tertiary/aromatic N) is 2. The van der Waals surface area contributed by atoms with Crippen LogP contribution < -0.4 is 5.32 Å². The molecular formula is C11H21N3O2. The first-order valence-corrected chi connectivity index (χ1v) is 5.63. The molecule has 3 N–H and O–H groups in total. The van der Waals surface area contributed by atoms with Gasteiger partial charge < -0.3 is 15.5 Å². The van der Waals surface area contributed by atoms with Crippen LogP contribution in [0.3, 0.4) is 0 Å². The Hall–Kier alpha value is -0.910. The van der Waals surface area contributed by atoms with Crippen molar-refractivity contribution in [1.29, 1.82) is 0 Å². The van der Waals surface area contributed by atoms with Gasteiger partial charge in [0.05, 0.1) is 26.0 Å². The van der Waals surface area contributed by atoms with E-state index in [0.717, 1.165) is 5.56 Å². The summed E-state index contributed by atoms with van der Waals surface area (Å²) in [7, 11) is 0. The van der Waals surface area contributed by atoms with Gasteiger partial charge in [-0.1, -0.05) is 13.8 Å². The molecule has 0 aromatic carbocycles. The first kappa shape index (κ1) is 13.2. The van der Waals surface area contributed by atoms with Gasteiger partial charge in [0.15, 0.2) is 0 Å². The molecule has 0 radical (unpaired) electrons. The predicted octanol–water partition coefficient (Wildman–Crippen LogP) is -0.0181. The largest absolute Gasteiger partial charge is 0.395 e. The van der Waals surface area contributed by atoms with Crippen LogP contribution in [0.15, 0.2) is 12.4 Å². The molecule has 1 rings (SSSR count). The lowest BCUT2D eigenvalue weighted by atomic mass is 10.1. The summed E-state index contributed by atoms with van der Waals surface area (Å²) in [4.78, 5) is 0. The van der Waals surface area contributed by atoms with Crippen molar-refractivity contribution in [3.8, 4) is 0 Å². The highest BCUT2D eigenvalue weighted by molar-refractivity contribution is 5.03. The molecule has 0 saturated heterocycles. The number of hydrogen-bond donors (Lipinski definition) is 3. The van der Waals surface area contributed by atoms with Crippen molar-refractivity contribution in [2.75, 3.05) is 13.2 Å². The summed E-state index contributed by atoms with van der Waals surface area (Å²) in [6.07, 6.45) is 3.68. The van der Waals surface area contributed by atoms with Gasteiger partial charge in [-0.15, -0.1) is 0 Å². The molecule has 1 heterocycles. The van der Waals surface area contributed by atoms with Crippen molar-refractivity contribution < 1.29 is 10.2 Å². The molecule has 1 atom stereocenters. The van der Waals surface area contributed by atoms with E-state index >= 15 is 0 Å². The lowest BCUT2D eigenvalue weighted by Crippen LogP contribution is -2.36. The molecule has 5 nitrogen and oxygen atoms in total. The smallest absolute Gasteiger partial charge is 0.0640 e. The second-order valence-corrected chi connectivity index (χ2v) is 4.25. The summed E-state index contributed by atoms with van der Waals surface area (Å²) in [6.45, 7) is 5.59. The molecule has 16 heavy (non-hydrogen) atoms. The van der Waals surface area contributed by atoms with Crippen molar-refractivity contribution in [1.82, 2.24) is 15.1 Å². The van der Waals surface area contributed by atoms with Crippen LogP contribution in [-0.4, -0.2) is 39.2 Å². The van der Waals surface area contributed by atoms with Crippen molar-refractivity contribution in [3.05, 3.63) is 18.0 Å². The Labute approximate surface area is 96.1 Å². The van der Waals surface area contributed by atoms with Crippen LogP contribution in [0.25, 0.3) is 0 Å². The quantitative estimate of drug-likeness (QED) is 0.612. The Morgan fingerprint density at radius 3 is 2.75 bits per heavy atom. The van der Waals surface area contributed by atoms with Gasteiger partial charge in [0.2, 0.25) is 0 Å². The zero-order valence-corrected chi connectivity index (χ0v) is 9.93. The van der Waals surface area contributed by atoms with E-state index < -0.39 is 0 Å². The molecule has 92 valence electrons. The number of aliphatic hydroxyl groups excluding tert-OH is 2. The number of aromatic nitrogens is 2. The maximum atomic E-state index is 9.15. The first-order valence-electron chi connectivity index (χ1n) is 5.63. The van der Waals surface area contributed by atoms with Gasteiger partial charge in [0.1, 0.15) is 0 Å². The van der Waals surface area contributed by atoms with Gasteiger partial charge in [0.25, 0.3) is 0 Å². The second-order valence-electron chi connectivity index (χ2n) is 4.25. The van der Waals surface area contributed by atoms with Gasteiger partial charge in [-0.3, -0.25) is 4.68 Å². The minimum Gasteiger partial charge on any atom is -0.395 e. The van der Waals surface area contributed by atoms with E-state index in [2.05, 4.69) is 24.3 Å². The standard InChI is InChI=1S/C11H21N3O2/c1-9(2)11(8-16)12-5-10-6-13-14(7-10)3-4-15/h6-7,9,11-12,15-16H,3-5,8H2,1-2H3/t11-/m1/s1. The predicted molar refractivity (Wildman–Crippen MR) is 61.9 cm³/mol. The van der Waals surface area contributed by atoms with Crippen molar-refractivity contribution in [3.63, 3.8) is 0 Å². The maximum Gasteiger partial charge on any atom is 0.0640 e. The van der Waals surface area contributed by atoms with Crippen molar-refractivity contribution in [2.24, 2.45) is 5.92 Å². The molecule has 1 aromatic rings. The fourth-order valence-corrected chi connectivity index (χ4v) is 1.48. The molecule has 0 unspecified atom stereocenters. The van der Waals surface area contributed by atoms with Crippen LogP contribution in [-0.2, 0) is 13.1 Å². The van der Waals surface area contributed by atoms with Crippen LogP contribution in [0.2, 0.25) is 0 Å². The summed E-state index contributed by atoms with van der Waals surface area (Å²) < 4.78 is 1.71. The third kappa shape index (κ3) is 3.92. The highest BCUT2D eigenvalue weighted by Crippen LogP contribution is 2.03. The van der Waals surface area contributed by atoms with Crippen molar-refractivity contribution in [2.45, 2.75) is 33.0 Å². The second kappa shape index (κ2) is 6.62. The molecule has 0 saturated carbocycles. The summed E-state index contributed by atoms with van der Waals surface area (Å²) in [5, 5.41) is 25.3. The lowest BCUT2D eigenvalue weighted by molar-refractivity contribution is 0.210. The van der Waals surface area contributed by atoms with Crippen LogP contribution in [0.4, 0.5) is 0 Å². The van der Waals surface area contributed by atoms with E-state index in [1.165, 1.54) is 0 Å². The summed E-state index contributed by atoms with van der Waals surface area (Å²) >= 11 is 0. The minimum absolute atomic E-state index is 0.0970. The van der Waals surface area contributed by atoms with Gasteiger partial charge in [0, 0.05) is 24.3 Å². The van der Waals surface area contributed by atoms with Crippen LogP contribution in [0, 0.1) is 5.92 Å². The van der Waals surface area contributed by atoms with Crippen LogP contribution in [0.1, 0.15) is 19.4 Å². The number of nitrogens with one attached hydrogen (secondary N) is 1. The fraction of sp³-hybridized carbons (Fsp3) is 0.727. The molecule has 0 aliphatic heterocycles. The summed E-state index contributed by atoms with van der Waals surface area (Å²) in [5.41, 5.74) is 1.06. The number of hydrogen-bond acceptors (Lipinski definition) is 4. The topological polar surface area (TPSA) is 70.3 Å². The van der Waals surface area contributed by atoms with Crippen LogP contribution >= 0.6 is 0 Å². The molecular weight excluding hydrogens is 206 g/mol. The molecule has 0 bridgehead atoms. The Kier molecular flexibility index (Phi) is 5.45. The average molecular weight is 227 g/mol. The zero-order chi connectivity index (χ0) is 12.0. The molecule has 0 spiro atoms. The van der Waals surface area contributed by atoms with Gasteiger partial charge in [-0.2, -0.15) is 5.10 Å². The van der Waals surface area contributed by atoms with E-state index in [1.807, 2.05) is 6.20 Å². The average Bonchev–Trinajstić information content (AvgIpc) is 2.67. The minimum atomic E-state index is 0.0970. The van der Waals surface area contributed by atoms with Crippen LogP contribution in [0.5, 0.6) is 0 Å². The number of aliphatic hydroxyl groups is 2. The monoisotopic (exact) mass is 227 g/mol. The molecule has 0 aliphatic carbocycles. The SMILES string of the molecule is CC(C)[C@@H](CO)NCc1cnn(CCO)c1. The highest BCUT2D eigenvalue weighted by Gasteiger charge is 2.11. The van der Waals surface area contributed by atoms with E-state index in [-0.39, 0.29) is 19.3 Å². The first-order chi connectivity index (χ1) is 7.67.